The van der Waals surface area contributed by atoms with Crippen molar-refractivity contribution in [3.05, 3.63) is 52.4 Å². The number of carbonyl (C=O) groups is 2. The van der Waals surface area contributed by atoms with E-state index >= 15 is 0 Å². The number of nitrogens with one attached hydrogen (secondary N) is 1. The maximum atomic E-state index is 12.3. The lowest BCUT2D eigenvalue weighted by Crippen LogP contribution is -2.09. The van der Waals surface area contributed by atoms with Crippen LogP contribution in [0, 0.1) is 0 Å². The smallest absolute Gasteiger partial charge is 0.228 e. The van der Waals surface area contributed by atoms with Crippen molar-refractivity contribution in [3.63, 3.8) is 0 Å². The number of anilines is 1. The zero-order valence-corrected chi connectivity index (χ0v) is 11.4. The molecule has 0 spiro atoms. The van der Waals surface area contributed by atoms with Gasteiger partial charge in [0.05, 0.1) is 0 Å². The molecule has 2 heterocycles. The number of aryl methyl sites for hydroxylation is 1. The molecule has 102 valence electrons. The molecule has 0 saturated carbocycles. The third kappa shape index (κ3) is 2.47. The molecule has 1 aliphatic rings. The van der Waals surface area contributed by atoms with Gasteiger partial charge in [0.2, 0.25) is 11.7 Å². The zero-order valence-electron chi connectivity index (χ0n) is 10.6. The number of amides is 1. The van der Waals surface area contributed by atoms with Gasteiger partial charge in [-0.3, -0.25) is 9.59 Å². The van der Waals surface area contributed by atoms with E-state index in [1.54, 1.807) is 30.3 Å². The lowest BCUT2D eigenvalue weighted by molar-refractivity contribution is -0.116. The molecule has 0 aliphatic carbocycles. The van der Waals surface area contributed by atoms with Crippen LogP contribution >= 0.6 is 11.6 Å². The summed E-state index contributed by atoms with van der Waals surface area (Å²) in [6.07, 6.45) is 2.06. The molecule has 0 atom stereocenters. The number of carbonyl (C=O) groups excluding carboxylic acids is 2. The van der Waals surface area contributed by atoms with Crippen LogP contribution in [0.25, 0.3) is 0 Å². The number of halogens is 1. The van der Waals surface area contributed by atoms with Crippen LogP contribution in [0.5, 0.6) is 0 Å². The van der Waals surface area contributed by atoms with Gasteiger partial charge in [0.1, 0.15) is 0 Å². The number of hydrogen-bond acceptors (Lipinski definition) is 3. The Labute approximate surface area is 120 Å². The number of hydrogen-bond donors (Lipinski definition) is 1. The Morgan fingerprint density at radius 3 is 2.80 bits per heavy atom. The summed E-state index contributed by atoms with van der Waals surface area (Å²) in [6.45, 7) is 0. The summed E-state index contributed by atoms with van der Waals surface area (Å²) in [4.78, 5) is 23.7. The van der Waals surface area contributed by atoms with Gasteiger partial charge in [-0.2, -0.15) is 0 Å². The summed E-state index contributed by atoms with van der Waals surface area (Å²) in [6, 6.07) is 8.34. The SMILES string of the molecule is O=C1CCCc2cc(C(=O)c3ccc(Cl)o3)ccc2N1. The Morgan fingerprint density at radius 2 is 2.05 bits per heavy atom. The van der Waals surface area contributed by atoms with Gasteiger partial charge in [-0.15, -0.1) is 0 Å². The first-order chi connectivity index (χ1) is 9.63. The third-order valence-electron chi connectivity index (χ3n) is 3.29. The van der Waals surface area contributed by atoms with E-state index in [4.69, 9.17) is 16.0 Å². The quantitative estimate of drug-likeness (QED) is 0.862. The molecule has 0 saturated heterocycles. The summed E-state index contributed by atoms with van der Waals surface area (Å²) in [5, 5.41) is 3.03. The molecule has 5 heteroatoms. The standard InChI is InChI=1S/C15H12ClNO3/c16-13-7-6-12(20-13)15(19)10-4-5-11-9(8-10)2-1-3-14(18)17-11/h4-8H,1-3H2,(H,17,18). The second-order valence-corrected chi connectivity index (χ2v) is 5.08. The van der Waals surface area contributed by atoms with E-state index in [0.29, 0.717) is 12.0 Å². The number of furan rings is 1. The third-order valence-corrected chi connectivity index (χ3v) is 3.49. The molecule has 0 bridgehead atoms. The van der Waals surface area contributed by atoms with Crippen LogP contribution in [0.15, 0.2) is 34.7 Å². The number of ketones is 1. The highest BCUT2D eigenvalue weighted by Crippen LogP contribution is 2.25. The fraction of sp³-hybridized carbons (Fsp3) is 0.200. The Morgan fingerprint density at radius 1 is 1.20 bits per heavy atom. The molecule has 20 heavy (non-hydrogen) atoms. The molecule has 0 radical (unpaired) electrons. The van der Waals surface area contributed by atoms with E-state index in [2.05, 4.69) is 5.32 Å². The maximum Gasteiger partial charge on any atom is 0.228 e. The van der Waals surface area contributed by atoms with Crippen LogP contribution < -0.4 is 5.32 Å². The minimum absolute atomic E-state index is 0.0145. The second kappa shape index (κ2) is 5.13. The van der Waals surface area contributed by atoms with Gasteiger partial charge in [0, 0.05) is 17.7 Å². The average molecular weight is 290 g/mol. The average Bonchev–Trinajstić information content (AvgIpc) is 2.77. The van der Waals surface area contributed by atoms with Crippen LogP contribution in [0.3, 0.4) is 0 Å². The van der Waals surface area contributed by atoms with Gasteiger partial charge in [-0.05, 0) is 60.3 Å². The fourth-order valence-electron chi connectivity index (χ4n) is 2.29. The van der Waals surface area contributed by atoms with Crippen molar-refractivity contribution < 1.29 is 14.0 Å². The van der Waals surface area contributed by atoms with Crippen molar-refractivity contribution in [2.45, 2.75) is 19.3 Å². The predicted molar refractivity (Wildman–Crippen MR) is 75.2 cm³/mol. The molecule has 3 rings (SSSR count). The van der Waals surface area contributed by atoms with E-state index in [1.165, 1.54) is 0 Å². The highest BCUT2D eigenvalue weighted by molar-refractivity contribution is 6.29. The maximum absolute atomic E-state index is 12.3. The van der Waals surface area contributed by atoms with Crippen LogP contribution in [0.4, 0.5) is 5.69 Å². The first-order valence-corrected chi connectivity index (χ1v) is 6.74. The number of fused-ring (bicyclic) bond motifs is 1. The molecular weight excluding hydrogens is 278 g/mol. The van der Waals surface area contributed by atoms with E-state index < -0.39 is 0 Å². The molecule has 0 fully saturated rings. The molecule has 0 unspecified atom stereocenters. The summed E-state index contributed by atoms with van der Waals surface area (Å²) in [7, 11) is 0. The minimum Gasteiger partial charge on any atom is -0.441 e. The monoisotopic (exact) mass is 289 g/mol. The fourth-order valence-corrected chi connectivity index (χ4v) is 2.44. The van der Waals surface area contributed by atoms with Crippen molar-refractivity contribution in [1.82, 2.24) is 0 Å². The Balaban J connectivity index is 1.94. The molecular formula is C15H12ClNO3. The van der Waals surface area contributed by atoms with E-state index in [9.17, 15) is 9.59 Å². The van der Waals surface area contributed by atoms with E-state index in [0.717, 1.165) is 24.1 Å². The van der Waals surface area contributed by atoms with Gasteiger partial charge >= 0.3 is 0 Å². The predicted octanol–water partition coefficient (Wildman–Crippen LogP) is 3.44. The topological polar surface area (TPSA) is 59.3 Å². The van der Waals surface area contributed by atoms with E-state index in [-0.39, 0.29) is 22.7 Å². The van der Waals surface area contributed by atoms with E-state index in [1.807, 2.05) is 0 Å². The second-order valence-electron chi connectivity index (χ2n) is 4.71. The van der Waals surface area contributed by atoms with Crippen molar-refractivity contribution in [3.8, 4) is 0 Å². The molecule has 1 N–H and O–H groups in total. The Kier molecular flexibility index (Phi) is 3.32. The normalized spacial score (nSPS) is 14.3. The van der Waals surface area contributed by atoms with Crippen molar-refractivity contribution in [2.24, 2.45) is 0 Å². The number of rotatable bonds is 2. The summed E-state index contributed by atoms with van der Waals surface area (Å²) < 4.78 is 5.13. The lowest BCUT2D eigenvalue weighted by Gasteiger charge is -2.08. The first-order valence-electron chi connectivity index (χ1n) is 6.36. The molecule has 1 aliphatic heterocycles. The molecule has 4 nitrogen and oxygen atoms in total. The van der Waals surface area contributed by atoms with Gasteiger partial charge in [-0.25, -0.2) is 0 Å². The first kappa shape index (κ1) is 12.9. The van der Waals surface area contributed by atoms with Gasteiger partial charge in [-0.1, -0.05) is 0 Å². The largest absolute Gasteiger partial charge is 0.441 e. The summed E-state index contributed by atoms with van der Waals surface area (Å²) >= 11 is 5.68. The van der Waals surface area contributed by atoms with Crippen molar-refractivity contribution in [2.75, 3.05) is 5.32 Å². The summed E-state index contributed by atoms with van der Waals surface area (Å²) in [5.74, 6) is 0.0172. The highest BCUT2D eigenvalue weighted by Gasteiger charge is 2.17. The van der Waals surface area contributed by atoms with Crippen LogP contribution in [-0.2, 0) is 11.2 Å². The van der Waals surface area contributed by atoms with Gasteiger partial charge in [0.15, 0.2) is 11.0 Å². The Bertz CT molecular complexity index is 690. The lowest BCUT2D eigenvalue weighted by atomic mass is 10.0. The molecule has 1 aromatic heterocycles. The summed E-state index contributed by atoms with van der Waals surface area (Å²) in [5.41, 5.74) is 2.28. The van der Waals surface area contributed by atoms with Gasteiger partial charge in [0.25, 0.3) is 0 Å². The van der Waals surface area contributed by atoms with Crippen LogP contribution in [0.2, 0.25) is 5.22 Å². The molecule has 1 aromatic carbocycles. The van der Waals surface area contributed by atoms with Crippen LogP contribution in [-0.4, -0.2) is 11.7 Å². The highest BCUT2D eigenvalue weighted by atomic mass is 35.5. The number of benzene rings is 1. The molecule has 2 aromatic rings. The van der Waals surface area contributed by atoms with Crippen LogP contribution in [0.1, 0.15) is 34.5 Å². The zero-order chi connectivity index (χ0) is 14.1. The molecule has 1 amide bonds. The van der Waals surface area contributed by atoms with Crippen molar-refractivity contribution >= 4 is 29.0 Å². The van der Waals surface area contributed by atoms with Gasteiger partial charge < -0.3 is 9.73 Å². The van der Waals surface area contributed by atoms with Crippen molar-refractivity contribution in [1.29, 1.82) is 0 Å². The Hall–Kier alpha value is -2.07. The minimum atomic E-state index is -0.213.